The molecule has 0 saturated heterocycles. The molecule has 1 aliphatic rings. The number of ketones is 2. The van der Waals surface area contributed by atoms with Gasteiger partial charge in [0.05, 0.1) is 0 Å². The highest BCUT2D eigenvalue weighted by atomic mass is 16.1. The normalized spacial score (nSPS) is 17.6. The predicted octanol–water partition coefficient (Wildman–Crippen LogP) is 3.86. The first-order chi connectivity index (χ1) is 8.20. The van der Waals surface area contributed by atoms with Crippen molar-refractivity contribution in [3.05, 3.63) is 22.8 Å². The van der Waals surface area contributed by atoms with E-state index in [1.165, 1.54) is 0 Å². The van der Waals surface area contributed by atoms with Crippen molar-refractivity contribution in [2.45, 2.75) is 54.4 Å². The van der Waals surface area contributed by atoms with E-state index in [-0.39, 0.29) is 22.9 Å². The SMILES string of the molecule is CCCC1=C(C(C)(C)C)C(=O)C(C(C)C)=CC1=O. The summed E-state index contributed by atoms with van der Waals surface area (Å²) < 4.78 is 0. The first-order valence-corrected chi connectivity index (χ1v) is 6.74. The number of Topliss-reactive ketones (excluding diaryl/α,β-unsaturated/α-hetero) is 1. The second-order valence-electron chi connectivity index (χ2n) is 6.30. The molecule has 0 N–H and O–H groups in total. The summed E-state index contributed by atoms with van der Waals surface area (Å²) in [6, 6.07) is 0. The Hall–Kier alpha value is -1.18. The lowest BCUT2D eigenvalue weighted by atomic mass is 9.72. The average Bonchev–Trinajstić information content (AvgIpc) is 2.21. The van der Waals surface area contributed by atoms with Gasteiger partial charge < -0.3 is 0 Å². The van der Waals surface area contributed by atoms with E-state index in [2.05, 4.69) is 0 Å². The fourth-order valence-electron chi connectivity index (χ4n) is 2.42. The van der Waals surface area contributed by atoms with Crippen molar-refractivity contribution >= 4 is 11.6 Å². The van der Waals surface area contributed by atoms with Crippen molar-refractivity contribution in [3.63, 3.8) is 0 Å². The van der Waals surface area contributed by atoms with E-state index in [1.807, 2.05) is 41.5 Å². The summed E-state index contributed by atoms with van der Waals surface area (Å²) in [6.07, 6.45) is 3.13. The van der Waals surface area contributed by atoms with Gasteiger partial charge in [0.2, 0.25) is 0 Å². The minimum atomic E-state index is -0.272. The van der Waals surface area contributed by atoms with E-state index in [0.717, 1.165) is 17.6 Å². The second-order valence-corrected chi connectivity index (χ2v) is 6.30. The van der Waals surface area contributed by atoms with Crippen molar-refractivity contribution in [2.75, 3.05) is 0 Å². The Morgan fingerprint density at radius 1 is 1.17 bits per heavy atom. The highest BCUT2D eigenvalue weighted by Gasteiger charge is 2.35. The van der Waals surface area contributed by atoms with E-state index < -0.39 is 0 Å². The fraction of sp³-hybridized carbons (Fsp3) is 0.625. The molecule has 0 aromatic heterocycles. The molecule has 0 unspecified atom stereocenters. The Balaban J connectivity index is 3.37. The Morgan fingerprint density at radius 2 is 1.72 bits per heavy atom. The molecule has 0 spiro atoms. The third kappa shape index (κ3) is 2.80. The van der Waals surface area contributed by atoms with Crippen LogP contribution in [0, 0.1) is 11.3 Å². The summed E-state index contributed by atoms with van der Waals surface area (Å²) in [4.78, 5) is 24.8. The van der Waals surface area contributed by atoms with E-state index in [4.69, 9.17) is 0 Å². The molecule has 1 rings (SSSR count). The molecule has 2 nitrogen and oxygen atoms in total. The lowest BCUT2D eigenvalue weighted by molar-refractivity contribution is -0.117. The fourth-order valence-corrected chi connectivity index (χ4v) is 2.42. The zero-order valence-electron chi connectivity index (χ0n) is 12.4. The summed E-state index contributed by atoms with van der Waals surface area (Å²) in [5.41, 5.74) is 1.83. The van der Waals surface area contributed by atoms with Crippen LogP contribution in [0.1, 0.15) is 54.4 Å². The van der Waals surface area contributed by atoms with Crippen LogP contribution in [0.4, 0.5) is 0 Å². The van der Waals surface area contributed by atoms with Crippen molar-refractivity contribution in [3.8, 4) is 0 Å². The summed E-state index contributed by atoms with van der Waals surface area (Å²) in [7, 11) is 0. The van der Waals surface area contributed by atoms with Gasteiger partial charge in [-0.15, -0.1) is 0 Å². The van der Waals surface area contributed by atoms with Crippen LogP contribution < -0.4 is 0 Å². The summed E-state index contributed by atoms with van der Waals surface area (Å²) in [5.74, 6) is 0.201. The van der Waals surface area contributed by atoms with Crippen LogP contribution in [0.2, 0.25) is 0 Å². The molecule has 18 heavy (non-hydrogen) atoms. The van der Waals surface area contributed by atoms with Crippen LogP contribution in [0.25, 0.3) is 0 Å². The molecule has 0 heterocycles. The Kier molecular flexibility index (Phi) is 4.31. The van der Waals surface area contributed by atoms with Crippen LogP contribution in [0.5, 0.6) is 0 Å². The lowest BCUT2D eigenvalue weighted by Crippen LogP contribution is -2.29. The van der Waals surface area contributed by atoms with Crippen LogP contribution in [0.3, 0.4) is 0 Å². The zero-order chi connectivity index (χ0) is 14.1. The van der Waals surface area contributed by atoms with Crippen molar-refractivity contribution in [2.24, 2.45) is 11.3 Å². The second kappa shape index (κ2) is 5.21. The highest BCUT2D eigenvalue weighted by Crippen LogP contribution is 2.37. The molecular formula is C16H24O2. The van der Waals surface area contributed by atoms with Crippen LogP contribution in [0.15, 0.2) is 22.8 Å². The Labute approximate surface area is 110 Å². The summed E-state index contributed by atoms with van der Waals surface area (Å²) >= 11 is 0. The van der Waals surface area contributed by atoms with Gasteiger partial charge in [0.15, 0.2) is 11.6 Å². The van der Waals surface area contributed by atoms with Gasteiger partial charge in [0, 0.05) is 16.7 Å². The minimum absolute atomic E-state index is 0.0325. The number of allylic oxidation sites excluding steroid dienone is 4. The largest absolute Gasteiger partial charge is 0.290 e. The molecule has 0 aromatic rings. The number of hydrogen-bond donors (Lipinski definition) is 0. The van der Waals surface area contributed by atoms with Crippen LogP contribution in [-0.2, 0) is 9.59 Å². The van der Waals surface area contributed by atoms with E-state index in [0.29, 0.717) is 12.0 Å². The molecule has 1 aliphatic carbocycles. The first-order valence-electron chi connectivity index (χ1n) is 6.74. The summed E-state index contributed by atoms with van der Waals surface area (Å²) in [6.45, 7) is 12.0. The Morgan fingerprint density at radius 3 is 2.11 bits per heavy atom. The molecule has 0 atom stereocenters. The van der Waals surface area contributed by atoms with Crippen molar-refractivity contribution in [1.29, 1.82) is 0 Å². The standard InChI is InChI=1S/C16H24O2/c1-7-8-11-13(17)9-12(10(2)3)15(18)14(11)16(4,5)6/h9-10H,7-8H2,1-6H3. The van der Waals surface area contributed by atoms with Gasteiger partial charge >= 0.3 is 0 Å². The molecule has 0 saturated carbocycles. The minimum Gasteiger partial charge on any atom is -0.290 e. The monoisotopic (exact) mass is 248 g/mol. The molecule has 0 aliphatic heterocycles. The molecule has 0 fully saturated rings. The third-order valence-electron chi connectivity index (χ3n) is 3.25. The Bertz CT molecular complexity index is 429. The maximum atomic E-state index is 12.6. The van der Waals surface area contributed by atoms with E-state index in [1.54, 1.807) is 6.08 Å². The maximum absolute atomic E-state index is 12.6. The van der Waals surface area contributed by atoms with Gasteiger partial charge in [0.25, 0.3) is 0 Å². The molecule has 100 valence electrons. The first kappa shape index (κ1) is 14.9. The molecule has 0 amide bonds. The van der Waals surface area contributed by atoms with Gasteiger partial charge in [-0.25, -0.2) is 0 Å². The summed E-state index contributed by atoms with van der Waals surface area (Å²) in [5, 5.41) is 0. The molecular weight excluding hydrogens is 224 g/mol. The van der Waals surface area contributed by atoms with Crippen molar-refractivity contribution < 1.29 is 9.59 Å². The third-order valence-corrected chi connectivity index (χ3v) is 3.25. The average molecular weight is 248 g/mol. The molecule has 0 bridgehead atoms. The van der Waals surface area contributed by atoms with Crippen LogP contribution in [-0.4, -0.2) is 11.6 Å². The predicted molar refractivity (Wildman–Crippen MR) is 74.3 cm³/mol. The smallest absolute Gasteiger partial charge is 0.186 e. The number of rotatable bonds is 3. The molecule has 0 radical (unpaired) electrons. The van der Waals surface area contributed by atoms with Crippen molar-refractivity contribution in [1.82, 2.24) is 0 Å². The maximum Gasteiger partial charge on any atom is 0.186 e. The van der Waals surface area contributed by atoms with Crippen LogP contribution >= 0.6 is 0 Å². The molecule has 0 aromatic carbocycles. The van der Waals surface area contributed by atoms with Gasteiger partial charge in [0.1, 0.15) is 0 Å². The molecule has 2 heteroatoms. The van der Waals surface area contributed by atoms with Gasteiger partial charge in [-0.2, -0.15) is 0 Å². The topological polar surface area (TPSA) is 34.1 Å². The quantitative estimate of drug-likeness (QED) is 0.711. The number of carbonyl (C=O) groups excluding carboxylic acids is 2. The van der Waals surface area contributed by atoms with E-state index in [9.17, 15) is 9.59 Å². The van der Waals surface area contributed by atoms with Gasteiger partial charge in [-0.3, -0.25) is 9.59 Å². The number of carbonyl (C=O) groups is 2. The zero-order valence-corrected chi connectivity index (χ0v) is 12.4. The van der Waals surface area contributed by atoms with E-state index >= 15 is 0 Å². The van der Waals surface area contributed by atoms with Gasteiger partial charge in [-0.1, -0.05) is 48.0 Å². The number of hydrogen-bond acceptors (Lipinski definition) is 2. The lowest BCUT2D eigenvalue weighted by Gasteiger charge is -2.29. The van der Waals surface area contributed by atoms with Gasteiger partial charge in [-0.05, 0) is 23.8 Å². The highest BCUT2D eigenvalue weighted by molar-refractivity contribution is 6.23.